The summed E-state index contributed by atoms with van der Waals surface area (Å²) in [5, 5.41) is 10.5. The van der Waals surface area contributed by atoms with E-state index in [9.17, 15) is 10.1 Å². The van der Waals surface area contributed by atoms with Crippen LogP contribution in [-0.2, 0) is 22.9 Å². The van der Waals surface area contributed by atoms with E-state index in [1.165, 1.54) is 24.3 Å². The predicted molar refractivity (Wildman–Crippen MR) is 79.2 cm³/mol. The van der Waals surface area contributed by atoms with Gasteiger partial charge in [-0.15, -0.1) is 4.52 Å². The molecule has 0 fully saturated rings. The van der Waals surface area contributed by atoms with Crippen LogP contribution in [0.15, 0.2) is 54.6 Å². The molecule has 0 saturated carbocycles. The summed E-state index contributed by atoms with van der Waals surface area (Å²) in [5.74, 6) is 0.463. The van der Waals surface area contributed by atoms with Gasteiger partial charge in [0.1, 0.15) is 6.61 Å². The minimum atomic E-state index is -1.49. The van der Waals surface area contributed by atoms with Crippen molar-refractivity contribution >= 4 is 24.6 Å². The van der Waals surface area contributed by atoms with Crippen LogP contribution in [0.3, 0.4) is 0 Å². The normalized spacial score (nSPS) is 10.9. The molecule has 5 nitrogen and oxygen atoms in total. The first-order valence-corrected chi connectivity index (χ1v) is 7.91. The van der Waals surface area contributed by atoms with Gasteiger partial charge in [-0.2, -0.15) is 0 Å². The largest absolute Gasteiger partial charge is 0.574 e. The van der Waals surface area contributed by atoms with Crippen molar-refractivity contribution in [2.75, 3.05) is 0 Å². The van der Waals surface area contributed by atoms with Crippen molar-refractivity contribution in [2.45, 2.75) is 6.61 Å². The Balaban J connectivity index is 1.86. The van der Waals surface area contributed by atoms with Gasteiger partial charge in [0.2, 0.25) is 11.8 Å². The third-order valence-electron chi connectivity index (χ3n) is 2.41. The van der Waals surface area contributed by atoms with E-state index in [1.807, 2.05) is 30.3 Å². The fraction of sp³-hybridized carbons (Fsp3) is 0.0769. The molecule has 0 amide bonds. The topological polar surface area (TPSA) is 61.6 Å². The molecule has 0 aromatic heterocycles. The molecule has 0 bridgehead atoms. The zero-order valence-electron chi connectivity index (χ0n) is 10.3. The molecule has 102 valence electrons. The van der Waals surface area contributed by atoms with Gasteiger partial charge in [-0.05, 0) is 17.7 Å². The van der Waals surface area contributed by atoms with Crippen LogP contribution >= 0.6 is 7.15 Å². The van der Waals surface area contributed by atoms with Crippen LogP contribution in [-0.4, -0.2) is 4.92 Å². The van der Waals surface area contributed by atoms with E-state index < -0.39 is 12.1 Å². The maximum Gasteiger partial charge on any atom is 0.574 e. The van der Waals surface area contributed by atoms with Crippen LogP contribution in [0.1, 0.15) is 5.56 Å². The van der Waals surface area contributed by atoms with Gasteiger partial charge in [0.05, 0.1) is 4.92 Å². The molecule has 0 aliphatic carbocycles. The molecule has 20 heavy (non-hydrogen) atoms. The van der Waals surface area contributed by atoms with Gasteiger partial charge in [-0.3, -0.25) is 14.6 Å². The van der Waals surface area contributed by atoms with Crippen molar-refractivity contribution in [3.8, 4) is 5.75 Å². The molecule has 1 unspecified atom stereocenters. The Hall–Kier alpha value is -1.88. The summed E-state index contributed by atoms with van der Waals surface area (Å²) in [7, 11) is -1.49. The predicted octanol–water partition coefficient (Wildman–Crippen LogP) is 3.96. The molecule has 0 saturated heterocycles. The Bertz CT molecular complexity index is 604. The smallest absolute Gasteiger partial charge is 0.258 e. The number of non-ortho nitro benzene ring substituents is 1. The Kier molecular flexibility index (Phi) is 5.12. The monoisotopic (exact) mass is 308 g/mol. The summed E-state index contributed by atoms with van der Waals surface area (Å²) in [6, 6.07) is 15.4. The van der Waals surface area contributed by atoms with E-state index in [0.29, 0.717) is 12.4 Å². The highest BCUT2D eigenvalue weighted by Crippen LogP contribution is 2.30. The van der Waals surface area contributed by atoms with Gasteiger partial charge in [0.15, 0.2) is 5.75 Å². The highest BCUT2D eigenvalue weighted by atomic mass is 32.4. The van der Waals surface area contributed by atoms with Gasteiger partial charge in [0.25, 0.3) is 5.69 Å². The maximum atomic E-state index is 10.5. The lowest BCUT2D eigenvalue weighted by atomic mass is 10.2. The quantitative estimate of drug-likeness (QED) is 0.459. The number of hydrogen-bond donors (Lipinski definition) is 0. The highest BCUT2D eigenvalue weighted by molar-refractivity contribution is 8.00. The van der Waals surface area contributed by atoms with Gasteiger partial charge >= 0.3 is 7.15 Å². The second-order valence-electron chi connectivity index (χ2n) is 3.82. The lowest BCUT2D eigenvalue weighted by Gasteiger charge is -1.97. The summed E-state index contributed by atoms with van der Waals surface area (Å²) < 4.78 is 10.8. The first-order valence-electron chi connectivity index (χ1n) is 5.71. The second-order valence-corrected chi connectivity index (χ2v) is 5.61. The van der Waals surface area contributed by atoms with Gasteiger partial charge in [-0.25, -0.2) is 0 Å². The molecule has 0 radical (unpaired) electrons. The number of rotatable bonds is 6. The van der Waals surface area contributed by atoms with Gasteiger partial charge in [0, 0.05) is 12.1 Å². The van der Waals surface area contributed by atoms with Crippen LogP contribution in [0.25, 0.3) is 0 Å². The lowest BCUT2D eigenvalue weighted by Crippen LogP contribution is -1.90. The molecule has 0 heterocycles. The molecule has 7 heteroatoms. The minimum Gasteiger partial charge on any atom is -0.258 e. The molecule has 1 atom stereocenters. The Labute approximate surface area is 121 Å². The van der Waals surface area contributed by atoms with E-state index in [4.69, 9.17) is 20.9 Å². The van der Waals surface area contributed by atoms with Crippen LogP contribution in [0.4, 0.5) is 5.69 Å². The van der Waals surface area contributed by atoms with E-state index in [0.717, 1.165) is 5.56 Å². The highest BCUT2D eigenvalue weighted by Gasteiger charge is 2.17. The van der Waals surface area contributed by atoms with E-state index >= 15 is 0 Å². The third kappa shape index (κ3) is 4.35. The van der Waals surface area contributed by atoms with Gasteiger partial charge < -0.3 is 0 Å². The van der Waals surface area contributed by atoms with Crippen LogP contribution in [0.5, 0.6) is 5.75 Å². The average Bonchev–Trinajstić information content (AvgIpc) is 2.47. The van der Waals surface area contributed by atoms with E-state index in [2.05, 4.69) is 0 Å². The van der Waals surface area contributed by atoms with Crippen molar-refractivity contribution in [1.82, 2.24) is 0 Å². The fourth-order valence-corrected chi connectivity index (χ4v) is 2.46. The van der Waals surface area contributed by atoms with Gasteiger partial charge in [-0.1, -0.05) is 30.3 Å². The first kappa shape index (κ1) is 14.5. The molecule has 0 aliphatic rings. The lowest BCUT2D eigenvalue weighted by molar-refractivity contribution is -0.384. The summed E-state index contributed by atoms with van der Waals surface area (Å²) in [5.41, 5.74) is 1.02. The molecule has 0 aliphatic heterocycles. The SMILES string of the molecule is O=[N+]([O-])c1ccc(O[P+](=S)OCc2ccccc2)cc1. The molecule has 0 spiro atoms. The van der Waals surface area contributed by atoms with Crippen molar-refractivity contribution < 1.29 is 14.0 Å². The zero-order valence-corrected chi connectivity index (χ0v) is 12.0. The summed E-state index contributed by atoms with van der Waals surface area (Å²) >= 11 is 5.09. The van der Waals surface area contributed by atoms with Crippen LogP contribution in [0, 0.1) is 10.1 Å². The first-order chi connectivity index (χ1) is 9.65. The number of nitrogens with zero attached hydrogens (tertiary/aromatic N) is 1. The Morgan fingerprint density at radius 1 is 1.10 bits per heavy atom. The summed E-state index contributed by atoms with van der Waals surface area (Å²) in [6.07, 6.45) is 0. The minimum absolute atomic E-state index is 0.0104. The van der Waals surface area contributed by atoms with Crippen molar-refractivity contribution in [1.29, 1.82) is 0 Å². The van der Waals surface area contributed by atoms with E-state index in [-0.39, 0.29) is 5.69 Å². The Morgan fingerprint density at radius 2 is 1.75 bits per heavy atom. The number of benzene rings is 2. The number of nitro groups is 1. The summed E-state index contributed by atoms with van der Waals surface area (Å²) in [6.45, 7) is 0.378. The van der Waals surface area contributed by atoms with E-state index in [1.54, 1.807) is 0 Å². The van der Waals surface area contributed by atoms with Crippen molar-refractivity contribution in [2.24, 2.45) is 0 Å². The molecular formula is C13H11NO4PS+. The molecule has 0 N–H and O–H groups in total. The van der Waals surface area contributed by atoms with Crippen LogP contribution < -0.4 is 4.52 Å². The van der Waals surface area contributed by atoms with Crippen LogP contribution in [0.2, 0.25) is 0 Å². The zero-order chi connectivity index (χ0) is 14.4. The average molecular weight is 308 g/mol. The number of nitro benzene ring substituents is 1. The van der Waals surface area contributed by atoms with Crippen molar-refractivity contribution in [3.05, 3.63) is 70.3 Å². The Morgan fingerprint density at radius 3 is 2.35 bits per heavy atom. The second kappa shape index (κ2) is 7.05. The molecular weight excluding hydrogens is 297 g/mol. The number of hydrogen-bond acceptors (Lipinski definition) is 5. The third-order valence-corrected chi connectivity index (χ3v) is 3.65. The maximum absolute atomic E-state index is 10.5. The van der Waals surface area contributed by atoms with Crippen molar-refractivity contribution in [3.63, 3.8) is 0 Å². The standard InChI is InChI=1S/C13H11NO4PS/c15-14(16)12-6-8-13(9-7-12)18-19(20)17-10-11-4-2-1-3-5-11/h1-9H,10H2/q+1. The summed E-state index contributed by atoms with van der Waals surface area (Å²) in [4.78, 5) is 10.1. The fourth-order valence-electron chi connectivity index (χ4n) is 1.44. The molecule has 2 rings (SSSR count). The molecule has 2 aromatic rings. The molecule has 2 aromatic carbocycles.